The van der Waals surface area contributed by atoms with Gasteiger partial charge in [0.2, 0.25) is 5.91 Å². The average molecular weight is 470 g/mol. The summed E-state index contributed by atoms with van der Waals surface area (Å²) in [5.74, 6) is -1.51. The highest BCUT2D eigenvalue weighted by atomic mass is 32.1. The molecule has 0 saturated heterocycles. The summed E-state index contributed by atoms with van der Waals surface area (Å²) in [7, 11) is 0. The molecule has 7 nitrogen and oxygen atoms in total. The minimum Gasteiger partial charge on any atom is -0.467 e. The van der Waals surface area contributed by atoms with E-state index >= 15 is 0 Å². The quantitative estimate of drug-likeness (QED) is 0.521. The summed E-state index contributed by atoms with van der Waals surface area (Å²) in [4.78, 5) is 40.8. The molecule has 2 N–H and O–H groups in total. The van der Waals surface area contributed by atoms with Gasteiger partial charge in [0.25, 0.3) is 11.8 Å². The maximum Gasteiger partial charge on any atom is 0.261 e. The minimum atomic E-state index is -1.11. The number of nitrogens with zero attached hydrogens (tertiary/aromatic N) is 1. The van der Waals surface area contributed by atoms with Crippen molar-refractivity contribution in [2.75, 3.05) is 11.4 Å². The van der Waals surface area contributed by atoms with Crippen LogP contribution in [-0.2, 0) is 9.59 Å². The summed E-state index contributed by atoms with van der Waals surface area (Å²) >= 11 is 1.26. The van der Waals surface area contributed by atoms with Crippen LogP contribution in [0.2, 0.25) is 0 Å². The molecule has 1 aliphatic rings. The van der Waals surface area contributed by atoms with Gasteiger partial charge in [0, 0.05) is 11.7 Å². The van der Waals surface area contributed by atoms with Crippen LogP contribution in [0.15, 0.2) is 64.6 Å². The fourth-order valence-corrected chi connectivity index (χ4v) is 4.59. The predicted octanol–water partition coefficient (Wildman–Crippen LogP) is 4.04. The number of furan rings is 1. The van der Waals surface area contributed by atoms with Crippen molar-refractivity contribution in [1.29, 1.82) is 0 Å². The van der Waals surface area contributed by atoms with Gasteiger partial charge in [-0.3, -0.25) is 19.3 Å². The van der Waals surface area contributed by atoms with Gasteiger partial charge in [-0.2, -0.15) is 0 Å². The predicted molar refractivity (Wildman–Crippen MR) is 122 cm³/mol. The lowest BCUT2D eigenvalue weighted by atomic mass is 10.1. The van der Waals surface area contributed by atoms with Gasteiger partial charge in [0.15, 0.2) is 6.04 Å². The molecule has 1 aromatic carbocycles. The van der Waals surface area contributed by atoms with Gasteiger partial charge in [-0.1, -0.05) is 18.9 Å². The molecule has 1 atom stereocenters. The lowest BCUT2D eigenvalue weighted by Crippen LogP contribution is -2.49. The van der Waals surface area contributed by atoms with E-state index < -0.39 is 17.8 Å². The standard InChI is InChI=1S/C24H24FN3O4S/c25-16-9-11-18(12-10-16)28(21(29)15-26-23(30)20-8-4-14-33-20)22(19-7-3-13-32-19)24(31)27-17-5-1-2-6-17/h3-4,7-14,17,22H,1-2,5-6,15H2,(H,26,30)(H,27,31)/t22-/m1/s1. The number of benzene rings is 1. The highest BCUT2D eigenvalue weighted by Crippen LogP contribution is 2.29. The van der Waals surface area contributed by atoms with Crippen LogP contribution in [0, 0.1) is 5.82 Å². The zero-order chi connectivity index (χ0) is 23.2. The highest BCUT2D eigenvalue weighted by Gasteiger charge is 2.36. The highest BCUT2D eigenvalue weighted by molar-refractivity contribution is 7.12. The van der Waals surface area contributed by atoms with Crippen LogP contribution in [-0.4, -0.2) is 30.3 Å². The van der Waals surface area contributed by atoms with Gasteiger partial charge < -0.3 is 15.1 Å². The molecular formula is C24H24FN3O4S. The van der Waals surface area contributed by atoms with E-state index in [-0.39, 0.29) is 30.2 Å². The zero-order valence-electron chi connectivity index (χ0n) is 17.8. The Hall–Kier alpha value is -3.46. The van der Waals surface area contributed by atoms with Crippen molar-refractivity contribution in [3.8, 4) is 0 Å². The van der Waals surface area contributed by atoms with Crippen LogP contribution < -0.4 is 15.5 Å². The number of carbonyl (C=O) groups excluding carboxylic acids is 3. The molecule has 0 unspecified atom stereocenters. The van der Waals surface area contributed by atoms with Gasteiger partial charge in [-0.25, -0.2) is 4.39 Å². The Labute approximate surface area is 194 Å². The molecule has 0 bridgehead atoms. The molecule has 4 rings (SSSR count). The zero-order valence-corrected chi connectivity index (χ0v) is 18.6. The van der Waals surface area contributed by atoms with Gasteiger partial charge in [0.1, 0.15) is 11.6 Å². The van der Waals surface area contributed by atoms with E-state index in [0.29, 0.717) is 10.6 Å². The van der Waals surface area contributed by atoms with Gasteiger partial charge in [0.05, 0.1) is 17.7 Å². The van der Waals surface area contributed by atoms with Crippen LogP contribution in [0.25, 0.3) is 0 Å². The van der Waals surface area contributed by atoms with E-state index in [4.69, 9.17) is 4.42 Å². The van der Waals surface area contributed by atoms with Crippen molar-refractivity contribution in [1.82, 2.24) is 10.6 Å². The minimum absolute atomic E-state index is 0.0265. The van der Waals surface area contributed by atoms with Crippen molar-refractivity contribution in [2.24, 2.45) is 0 Å². The third kappa shape index (κ3) is 5.48. The summed E-state index contributed by atoms with van der Waals surface area (Å²) in [5.41, 5.74) is 0.315. The number of halogens is 1. The number of nitrogens with one attached hydrogen (secondary N) is 2. The smallest absolute Gasteiger partial charge is 0.261 e. The van der Waals surface area contributed by atoms with Crippen molar-refractivity contribution in [3.63, 3.8) is 0 Å². The first kappa shape index (κ1) is 22.7. The molecule has 0 aliphatic heterocycles. The normalized spacial score (nSPS) is 14.6. The monoisotopic (exact) mass is 469 g/mol. The molecule has 1 saturated carbocycles. The molecule has 0 radical (unpaired) electrons. The third-order valence-electron chi connectivity index (χ3n) is 5.54. The molecule has 9 heteroatoms. The third-order valence-corrected chi connectivity index (χ3v) is 6.41. The Balaban J connectivity index is 1.63. The Morgan fingerprint density at radius 3 is 2.48 bits per heavy atom. The summed E-state index contributed by atoms with van der Waals surface area (Å²) in [6.07, 6.45) is 5.24. The van der Waals surface area contributed by atoms with Gasteiger partial charge >= 0.3 is 0 Å². The van der Waals surface area contributed by atoms with E-state index in [2.05, 4.69) is 10.6 Å². The average Bonchev–Trinajstić information content (AvgIpc) is 3.60. The Morgan fingerprint density at radius 1 is 1.09 bits per heavy atom. The molecule has 1 aliphatic carbocycles. The van der Waals surface area contributed by atoms with Crippen molar-refractivity contribution in [2.45, 2.75) is 37.8 Å². The Bertz CT molecular complexity index is 1080. The lowest BCUT2D eigenvalue weighted by Gasteiger charge is -2.31. The largest absolute Gasteiger partial charge is 0.467 e. The van der Waals surface area contributed by atoms with E-state index in [1.165, 1.54) is 46.8 Å². The molecule has 33 heavy (non-hydrogen) atoms. The summed E-state index contributed by atoms with van der Waals surface area (Å²) < 4.78 is 19.1. The molecule has 1 fully saturated rings. The number of thiophene rings is 1. The number of carbonyl (C=O) groups is 3. The topological polar surface area (TPSA) is 91.7 Å². The number of rotatable bonds is 8. The Morgan fingerprint density at radius 2 is 1.85 bits per heavy atom. The van der Waals surface area contributed by atoms with Crippen LogP contribution in [0.5, 0.6) is 0 Å². The summed E-state index contributed by atoms with van der Waals surface area (Å²) in [5, 5.41) is 7.39. The molecular weight excluding hydrogens is 445 g/mol. The number of amides is 3. The molecule has 2 heterocycles. The molecule has 3 amide bonds. The summed E-state index contributed by atoms with van der Waals surface area (Å²) in [6, 6.07) is 10.8. The maximum absolute atomic E-state index is 13.6. The van der Waals surface area contributed by atoms with Crippen molar-refractivity contribution in [3.05, 3.63) is 76.6 Å². The molecule has 3 aromatic rings. The molecule has 0 spiro atoms. The fourth-order valence-electron chi connectivity index (χ4n) is 3.95. The first-order valence-corrected chi connectivity index (χ1v) is 11.6. The Kier molecular flexibility index (Phi) is 7.19. The van der Waals surface area contributed by atoms with E-state index in [9.17, 15) is 18.8 Å². The first-order chi connectivity index (χ1) is 16.0. The second kappa shape index (κ2) is 10.4. The second-order valence-electron chi connectivity index (χ2n) is 7.81. The van der Waals surface area contributed by atoms with E-state index in [0.717, 1.165) is 25.7 Å². The van der Waals surface area contributed by atoms with Crippen LogP contribution >= 0.6 is 11.3 Å². The van der Waals surface area contributed by atoms with Crippen molar-refractivity contribution >= 4 is 34.7 Å². The van der Waals surface area contributed by atoms with Crippen LogP contribution in [0.4, 0.5) is 10.1 Å². The summed E-state index contributed by atoms with van der Waals surface area (Å²) in [6.45, 7) is -0.345. The van der Waals surface area contributed by atoms with Crippen molar-refractivity contribution < 1.29 is 23.2 Å². The van der Waals surface area contributed by atoms with E-state index in [1.54, 1.807) is 29.6 Å². The lowest BCUT2D eigenvalue weighted by molar-refractivity contribution is -0.127. The molecule has 2 aromatic heterocycles. The molecule has 172 valence electrons. The second-order valence-corrected chi connectivity index (χ2v) is 8.76. The number of hydrogen-bond acceptors (Lipinski definition) is 5. The van der Waals surface area contributed by atoms with Gasteiger partial charge in [-0.15, -0.1) is 11.3 Å². The van der Waals surface area contributed by atoms with Crippen LogP contribution in [0.1, 0.15) is 47.2 Å². The maximum atomic E-state index is 13.6. The fraction of sp³-hybridized carbons (Fsp3) is 0.292. The number of anilines is 1. The van der Waals surface area contributed by atoms with Crippen LogP contribution in [0.3, 0.4) is 0 Å². The van der Waals surface area contributed by atoms with Gasteiger partial charge in [-0.05, 0) is 60.7 Å². The van der Waals surface area contributed by atoms with E-state index in [1.807, 2.05) is 0 Å². The first-order valence-electron chi connectivity index (χ1n) is 10.8. The SMILES string of the molecule is O=C(NCC(=O)N(c1ccc(F)cc1)[C@@H](C(=O)NC1CCCC1)c1ccco1)c1cccs1. The number of hydrogen-bond donors (Lipinski definition) is 2.